The highest BCUT2D eigenvalue weighted by atomic mass is 16.6. The molecule has 0 radical (unpaired) electrons. The Labute approximate surface area is 365 Å². The molecule has 0 aliphatic heterocycles. The average molecular weight is 855 g/mol. The third kappa shape index (κ3) is 20.0. The van der Waals surface area contributed by atoms with E-state index < -0.39 is 35.5 Å². The predicted octanol–water partition coefficient (Wildman–Crippen LogP) is 6.68. The van der Waals surface area contributed by atoms with E-state index in [1.807, 2.05) is 109 Å². The second-order valence-electron chi connectivity index (χ2n) is 16.4. The lowest BCUT2D eigenvalue weighted by Crippen LogP contribution is -2.50. The quantitative estimate of drug-likeness (QED) is 0.0590. The standard InChI is InChI=1S/C48H62N4O10/c1-47(2,3)61-45(55)51-41(31-35-17-21-39(22-18-35)59-33-37-13-9-7-10-14-37)43(53)49-25-27-57-29-30-58-28-26-50-44(54)42(52-46(56)62-48(4,5)6)32-36-19-23-40(24-20-36)60-34-38-15-11-8-12-16-38/h7-24,41-42H,25-34H2,1-6H3,(H,49,53)(H,50,54)(H,51,55)(H,52,56)/t41-,42-/m0/s1. The molecule has 4 aromatic carbocycles. The number of alkyl carbamates (subject to hydrolysis) is 2. The van der Waals surface area contributed by atoms with Gasteiger partial charge in [0, 0.05) is 25.9 Å². The fourth-order valence-electron chi connectivity index (χ4n) is 5.78. The zero-order valence-corrected chi connectivity index (χ0v) is 36.7. The normalized spacial score (nSPS) is 12.3. The first kappa shape index (κ1) is 48.5. The van der Waals surface area contributed by atoms with E-state index in [0.717, 1.165) is 22.3 Å². The van der Waals surface area contributed by atoms with E-state index in [9.17, 15) is 19.2 Å². The van der Waals surface area contributed by atoms with Crippen molar-refractivity contribution in [3.05, 3.63) is 131 Å². The number of hydrogen-bond donors (Lipinski definition) is 4. The van der Waals surface area contributed by atoms with Gasteiger partial charge in [0.15, 0.2) is 0 Å². The zero-order valence-electron chi connectivity index (χ0n) is 36.7. The molecule has 0 spiro atoms. The van der Waals surface area contributed by atoms with E-state index in [1.54, 1.807) is 41.5 Å². The number of amides is 4. The van der Waals surface area contributed by atoms with Crippen LogP contribution in [0.15, 0.2) is 109 Å². The van der Waals surface area contributed by atoms with Crippen LogP contribution in [0.5, 0.6) is 11.5 Å². The Hall–Kier alpha value is -6.12. The molecular weight excluding hydrogens is 793 g/mol. The third-order valence-corrected chi connectivity index (χ3v) is 8.70. The molecule has 0 saturated carbocycles. The van der Waals surface area contributed by atoms with Gasteiger partial charge >= 0.3 is 12.2 Å². The van der Waals surface area contributed by atoms with Gasteiger partial charge in [-0.05, 0) is 88.1 Å². The van der Waals surface area contributed by atoms with Crippen LogP contribution in [-0.2, 0) is 54.6 Å². The summed E-state index contributed by atoms with van der Waals surface area (Å²) >= 11 is 0. The van der Waals surface area contributed by atoms with E-state index in [-0.39, 0.29) is 64.2 Å². The van der Waals surface area contributed by atoms with Crippen LogP contribution in [0, 0.1) is 0 Å². The highest BCUT2D eigenvalue weighted by molar-refractivity contribution is 5.86. The number of hydrogen-bond acceptors (Lipinski definition) is 10. The summed E-state index contributed by atoms with van der Waals surface area (Å²) in [5, 5.41) is 11.0. The summed E-state index contributed by atoms with van der Waals surface area (Å²) in [5.41, 5.74) is 2.27. The van der Waals surface area contributed by atoms with Crippen molar-refractivity contribution in [2.45, 2.75) is 90.9 Å². The molecule has 4 aromatic rings. The Balaban J connectivity index is 1.16. The first-order valence-electron chi connectivity index (χ1n) is 20.8. The summed E-state index contributed by atoms with van der Waals surface area (Å²) in [4.78, 5) is 51.7. The summed E-state index contributed by atoms with van der Waals surface area (Å²) < 4.78 is 33.9. The van der Waals surface area contributed by atoms with Crippen molar-refractivity contribution in [1.29, 1.82) is 0 Å². The highest BCUT2D eigenvalue weighted by Crippen LogP contribution is 2.18. The van der Waals surface area contributed by atoms with Crippen LogP contribution in [0.2, 0.25) is 0 Å². The van der Waals surface area contributed by atoms with E-state index in [0.29, 0.717) is 24.7 Å². The number of ether oxygens (including phenoxy) is 6. The topological polar surface area (TPSA) is 172 Å². The molecule has 334 valence electrons. The van der Waals surface area contributed by atoms with Gasteiger partial charge in [-0.15, -0.1) is 0 Å². The van der Waals surface area contributed by atoms with Crippen LogP contribution in [0.3, 0.4) is 0 Å². The number of nitrogens with one attached hydrogen (secondary N) is 4. The maximum atomic E-state index is 13.2. The van der Waals surface area contributed by atoms with Gasteiger partial charge in [-0.25, -0.2) is 9.59 Å². The van der Waals surface area contributed by atoms with Crippen molar-refractivity contribution >= 4 is 24.0 Å². The van der Waals surface area contributed by atoms with Gasteiger partial charge in [0.2, 0.25) is 11.8 Å². The summed E-state index contributed by atoms with van der Waals surface area (Å²) in [5.74, 6) is 0.593. The molecule has 4 N–H and O–H groups in total. The maximum Gasteiger partial charge on any atom is 0.408 e. The zero-order chi connectivity index (χ0) is 44.8. The maximum absolute atomic E-state index is 13.2. The minimum absolute atomic E-state index is 0.198. The Morgan fingerprint density at radius 3 is 1.16 bits per heavy atom. The van der Waals surface area contributed by atoms with Crippen LogP contribution >= 0.6 is 0 Å². The molecule has 0 fully saturated rings. The number of carbonyl (C=O) groups excluding carboxylic acids is 4. The lowest BCUT2D eigenvalue weighted by molar-refractivity contribution is -0.124. The van der Waals surface area contributed by atoms with Crippen molar-refractivity contribution < 1.29 is 47.6 Å². The molecule has 0 bridgehead atoms. The number of carbonyl (C=O) groups is 4. The molecule has 2 atom stereocenters. The van der Waals surface area contributed by atoms with Gasteiger partial charge < -0.3 is 49.7 Å². The molecule has 4 rings (SSSR count). The Morgan fingerprint density at radius 1 is 0.468 bits per heavy atom. The summed E-state index contributed by atoms with van der Waals surface area (Å²) in [6.07, 6.45) is -0.943. The number of benzene rings is 4. The fourth-order valence-corrected chi connectivity index (χ4v) is 5.78. The molecule has 4 amide bonds. The molecule has 62 heavy (non-hydrogen) atoms. The fraction of sp³-hybridized carbons (Fsp3) is 0.417. The molecule has 14 nitrogen and oxygen atoms in total. The summed E-state index contributed by atoms with van der Waals surface area (Å²) in [6.45, 7) is 12.7. The minimum Gasteiger partial charge on any atom is -0.489 e. The number of rotatable bonds is 23. The van der Waals surface area contributed by atoms with E-state index in [2.05, 4.69) is 21.3 Å². The average Bonchev–Trinajstić information content (AvgIpc) is 3.22. The smallest absolute Gasteiger partial charge is 0.408 e. The SMILES string of the molecule is CC(C)(C)OC(=O)N[C@@H](Cc1ccc(OCc2ccccc2)cc1)C(=O)NCCOCCOCCNC(=O)[C@H](Cc1ccc(OCc2ccccc2)cc1)NC(=O)OC(C)(C)C. The van der Waals surface area contributed by atoms with Crippen LogP contribution < -0.4 is 30.7 Å². The second-order valence-corrected chi connectivity index (χ2v) is 16.4. The van der Waals surface area contributed by atoms with Gasteiger partial charge in [-0.1, -0.05) is 84.9 Å². The van der Waals surface area contributed by atoms with Crippen molar-refractivity contribution in [1.82, 2.24) is 21.3 Å². The lowest BCUT2D eigenvalue weighted by Gasteiger charge is -2.23. The monoisotopic (exact) mass is 854 g/mol. The van der Waals surface area contributed by atoms with Crippen LogP contribution in [0.4, 0.5) is 9.59 Å². The largest absolute Gasteiger partial charge is 0.489 e. The van der Waals surface area contributed by atoms with Crippen molar-refractivity contribution in [3.8, 4) is 11.5 Å². The van der Waals surface area contributed by atoms with Gasteiger partial charge in [-0.3, -0.25) is 9.59 Å². The highest BCUT2D eigenvalue weighted by Gasteiger charge is 2.26. The molecule has 0 aliphatic carbocycles. The molecule has 0 unspecified atom stereocenters. The third-order valence-electron chi connectivity index (χ3n) is 8.70. The van der Waals surface area contributed by atoms with E-state index in [1.165, 1.54) is 0 Å². The van der Waals surface area contributed by atoms with E-state index in [4.69, 9.17) is 28.4 Å². The van der Waals surface area contributed by atoms with Gasteiger partial charge in [-0.2, -0.15) is 0 Å². The van der Waals surface area contributed by atoms with Crippen molar-refractivity contribution in [3.63, 3.8) is 0 Å². The Bertz CT molecular complexity index is 1810. The molecule has 0 saturated heterocycles. The second kappa shape index (κ2) is 25.0. The van der Waals surface area contributed by atoms with Gasteiger partial charge in [0.25, 0.3) is 0 Å². The molecule has 0 aromatic heterocycles. The Kier molecular flexibility index (Phi) is 19.6. The van der Waals surface area contributed by atoms with Gasteiger partial charge in [0.1, 0.15) is 48.0 Å². The molecule has 14 heteroatoms. The van der Waals surface area contributed by atoms with Crippen LogP contribution in [0.25, 0.3) is 0 Å². The van der Waals surface area contributed by atoms with Crippen LogP contribution in [0.1, 0.15) is 63.8 Å². The predicted molar refractivity (Wildman–Crippen MR) is 236 cm³/mol. The van der Waals surface area contributed by atoms with Crippen LogP contribution in [-0.4, -0.2) is 86.8 Å². The van der Waals surface area contributed by atoms with Crippen molar-refractivity contribution in [2.24, 2.45) is 0 Å². The minimum atomic E-state index is -0.899. The lowest BCUT2D eigenvalue weighted by atomic mass is 10.1. The molecule has 0 aliphatic rings. The summed E-state index contributed by atoms with van der Waals surface area (Å²) in [6, 6.07) is 32.6. The molecule has 0 heterocycles. The van der Waals surface area contributed by atoms with Gasteiger partial charge in [0.05, 0.1) is 26.4 Å². The first-order chi connectivity index (χ1) is 29.6. The first-order valence-corrected chi connectivity index (χ1v) is 20.8. The molecular formula is C48H62N4O10. The summed E-state index contributed by atoms with van der Waals surface area (Å²) in [7, 11) is 0. The van der Waals surface area contributed by atoms with E-state index >= 15 is 0 Å². The Morgan fingerprint density at radius 2 is 0.823 bits per heavy atom. The van der Waals surface area contributed by atoms with Crippen molar-refractivity contribution in [2.75, 3.05) is 39.5 Å².